The van der Waals surface area contributed by atoms with Crippen molar-refractivity contribution in [1.29, 1.82) is 0 Å². The van der Waals surface area contributed by atoms with E-state index in [9.17, 15) is 4.79 Å². The Balaban J connectivity index is 1.88. The summed E-state index contributed by atoms with van der Waals surface area (Å²) in [5.41, 5.74) is 1.59. The molecule has 1 heterocycles. The van der Waals surface area contributed by atoms with Gasteiger partial charge < -0.3 is 9.47 Å². The first-order valence-electron chi connectivity index (χ1n) is 7.75. The lowest BCUT2D eigenvalue weighted by Gasteiger charge is -2.08. The molecule has 0 unspecified atom stereocenters. The Morgan fingerprint density at radius 2 is 1.77 bits per heavy atom. The van der Waals surface area contributed by atoms with Gasteiger partial charge in [-0.2, -0.15) is 0 Å². The van der Waals surface area contributed by atoms with Crippen molar-refractivity contribution < 1.29 is 14.3 Å². The van der Waals surface area contributed by atoms with Crippen molar-refractivity contribution in [1.82, 2.24) is 4.90 Å². The summed E-state index contributed by atoms with van der Waals surface area (Å²) >= 11 is 7.22. The summed E-state index contributed by atoms with van der Waals surface area (Å²) in [7, 11) is 4.87. The summed E-state index contributed by atoms with van der Waals surface area (Å²) in [6, 6.07) is 12.7. The number of thioether (sulfide) groups is 1. The number of hydrogen-bond donors (Lipinski definition) is 0. The van der Waals surface area contributed by atoms with Gasteiger partial charge >= 0.3 is 0 Å². The largest absolute Gasteiger partial charge is 0.493 e. The number of carbonyl (C=O) groups excluding carboxylic acids is 1. The van der Waals surface area contributed by atoms with Gasteiger partial charge in [-0.1, -0.05) is 17.7 Å². The van der Waals surface area contributed by atoms with Gasteiger partial charge in [-0.05, 0) is 59.8 Å². The quantitative estimate of drug-likeness (QED) is 0.719. The Morgan fingerprint density at radius 1 is 1.08 bits per heavy atom. The van der Waals surface area contributed by atoms with Gasteiger partial charge in [0.1, 0.15) is 0 Å². The zero-order chi connectivity index (χ0) is 18.7. The molecule has 0 spiro atoms. The summed E-state index contributed by atoms with van der Waals surface area (Å²) in [4.78, 5) is 19.2. The van der Waals surface area contributed by atoms with E-state index in [4.69, 9.17) is 21.1 Å². The molecule has 1 aliphatic heterocycles. The van der Waals surface area contributed by atoms with Gasteiger partial charge in [-0.25, -0.2) is 4.99 Å². The Labute approximate surface area is 161 Å². The standard InChI is InChI=1S/C19H17ClN2O3S/c1-22-18(23)17(11-12-4-9-15(24-2)16(10-12)25-3)26-19(22)21-14-7-5-13(20)6-8-14/h4-11H,1-3H3/b17-11+,21-19?. The fourth-order valence-corrected chi connectivity index (χ4v) is 3.48. The zero-order valence-electron chi connectivity index (χ0n) is 14.5. The lowest BCUT2D eigenvalue weighted by molar-refractivity contribution is -0.121. The molecule has 0 aromatic heterocycles. The molecule has 0 radical (unpaired) electrons. The van der Waals surface area contributed by atoms with Gasteiger partial charge in [-0.3, -0.25) is 9.69 Å². The van der Waals surface area contributed by atoms with Gasteiger partial charge in [0.2, 0.25) is 0 Å². The molecule has 134 valence electrons. The molecule has 1 aliphatic rings. The van der Waals surface area contributed by atoms with Crippen molar-refractivity contribution in [3.05, 3.63) is 58.0 Å². The highest BCUT2D eigenvalue weighted by atomic mass is 35.5. The van der Waals surface area contributed by atoms with Crippen molar-refractivity contribution in [3.8, 4) is 11.5 Å². The number of amides is 1. The number of carbonyl (C=O) groups is 1. The molecular weight excluding hydrogens is 372 g/mol. The minimum atomic E-state index is -0.0995. The maximum atomic E-state index is 12.5. The van der Waals surface area contributed by atoms with Crippen molar-refractivity contribution in [2.24, 2.45) is 4.99 Å². The molecule has 3 rings (SSSR count). The Kier molecular flexibility index (Phi) is 5.54. The minimum absolute atomic E-state index is 0.0995. The van der Waals surface area contributed by atoms with Crippen LogP contribution in [0, 0.1) is 0 Å². The Bertz CT molecular complexity index is 894. The van der Waals surface area contributed by atoms with Crippen LogP contribution in [0.3, 0.4) is 0 Å². The van der Waals surface area contributed by atoms with Gasteiger partial charge in [0.05, 0.1) is 24.8 Å². The molecule has 7 heteroatoms. The molecule has 26 heavy (non-hydrogen) atoms. The van der Waals surface area contributed by atoms with E-state index in [1.165, 1.54) is 16.7 Å². The highest BCUT2D eigenvalue weighted by molar-refractivity contribution is 8.18. The number of methoxy groups -OCH3 is 2. The second kappa shape index (κ2) is 7.85. The Morgan fingerprint density at radius 3 is 2.42 bits per heavy atom. The summed E-state index contributed by atoms with van der Waals surface area (Å²) < 4.78 is 10.5. The summed E-state index contributed by atoms with van der Waals surface area (Å²) in [5.74, 6) is 1.15. The molecule has 1 amide bonds. The predicted molar refractivity (Wildman–Crippen MR) is 106 cm³/mol. The molecule has 2 aromatic carbocycles. The molecule has 0 bridgehead atoms. The third-order valence-electron chi connectivity index (χ3n) is 3.76. The van der Waals surface area contributed by atoms with Crippen LogP contribution in [0.15, 0.2) is 52.4 Å². The van der Waals surface area contributed by atoms with Crippen LogP contribution in [0.5, 0.6) is 11.5 Å². The second-order valence-corrected chi connectivity index (χ2v) is 6.91. The first kappa shape index (κ1) is 18.4. The van der Waals surface area contributed by atoms with Gasteiger partial charge in [0.25, 0.3) is 5.91 Å². The molecule has 2 aromatic rings. The topological polar surface area (TPSA) is 51.1 Å². The number of nitrogens with zero attached hydrogens (tertiary/aromatic N) is 2. The normalized spacial score (nSPS) is 17.2. The molecule has 0 N–H and O–H groups in total. The van der Waals surface area contributed by atoms with Crippen LogP contribution in [0.1, 0.15) is 5.56 Å². The number of likely N-dealkylation sites (N-methyl/N-ethyl adjacent to an activating group) is 1. The summed E-state index contributed by atoms with van der Waals surface area (Å²) in [6.07, 6.45) is 1.82. The first-order chi connectivity index (χ1) is 12.5. The van der Waals surface area contributed by atoms with Crippen LogP contribution in [-0.4, -0.2) is 37.2 Å². The average molecular weight is 389 g/mol. The lowest BCUT2D eigenvalue weighted by atomic mass is 10.2. The zero-order valence-corrected chi connectivity index (χ0v) is 16.1. The van der Waals surface area contributed by atoms with Crippen LogP contribution >= 0.6 is 23.4 Å². The highest BCUT2D eigenvalue weighted by Gasteiger charge is 2.30. The number of rotatable bonds is 4. The molecule has 5 nitrogen and oxygen atoms in total. The maximum absolute atomic E-state index is 12.5. The van der Waals surface area contributed by atoms with E-state index in [-0.39, 0.29) is 5.91 Å². The molecule has 1 saturated heterocycles. The molecule has 0 saturated carbocycles. The van der Waals surface area contributed by atoms with Crippen LogP contribution < -0.4 is 9.47 Å². The molecular formula is C19H17ClN2O3S. The minimum Gasteiger partial charge on any atom is -0.493 e. The van der Waals surface area contributed by atoms with E-state index in [0.717, 1.165) is 11.3 Å². The van der Waals surface area contributed by atoms with Crippen LogP contribution in [0.4, 0.5) is 5.69 Å². The van der Waals surface area contributed by atoms with Crippen molar-refractivity contribution in [3.63, 3.8) is 0 Å². The monoisotopic (exact) mass is 388 g/mol. The first-order valence-corrected chi connectivity index (χ1v) is 8.95. The van der Waals surface area contributed by atoms with Crippen LogP contribution in [0.25, 0.3) is 6.08 Å². The van der Waals surface area contributed by atoms with E-state index in [0.29, 0.717) is 26.6 Å². The van der Waals surface area contributed by atoms with Gasteiger partial charge in [0.15, 0.2) is 16.7 Å². The lowest BCUT2D eigenvalue weighted by Crippen LogP contribution is -2.23. The third-order valence-corrected chi connectivity index (χ3v) is 5.07. The van der Waals surface area contributed by atoms with E-state index in [2.05, 4.69) is 4.99 Å². The van der Waals surface area contributed by atoms with Gasteiger partial charge in [-0.15, -0.1) is 0 Å². The van der Waals surface area contributed by atoms with Crippen LogP contribution in [-0.2, 0) is 4.79 Å². The summed E-state index contributed by atoms with van der Waals surface area (Å²) in [5, 5.41) is 1.26. The van der Waals surface area contributed by atoms with Crippen LogP contribution in [0.2, 0.25) is 5.02 Å². The number of halogens is 1. The van der Waals surface area contributed by atoms with E-state index >= 15 is 0 Å². The smallest absolute Gasteiger partial charge is 0.266 e. The number of amidine groups is 1. The van der Waals surface area contributed by atoms with Crippen molar-refractivity contribution in [2.45, 2.75) is 0 Å². The fourth-order valence-electron chi connectivity index (χ4n) is 2.37. The third kappa shape index (κ3) is 3.86. The van der Waals surface area contributed by atoms with Crippen molar-refractivity contribution >= 4 is 46.2 Å². The molecule has 0 aliphatic carbocycles. The Hall–Kier alpha value is -2.44. The maximum Gasteiger partial charge on any atom is 0.266 e. The second-order valence-electron chi connectivity index (χ2n) is 5.46. The fraction of sp³-hybridized carbons (Fsp3) is 0.158. The van der Waals surface area contributed by atoms with Crippen molar-refractivity contribution in [2.75, 3.05) is 21.3 Å². The molecule has 1 fully saturated rings. The highest BCUT2D eigenvalue weighted by Crippen LogP contribution is 2.35. The average Bonchev–Trinajstić information content (AvgIpc) is 2.91. The number of hydrogen-bond acceptors (Lipinski definition) is 5. The number of aliphatic imine (C=N–C) groups is 1. The SMILES string of the molecule is COc1ccc(/C=C2/SC(=Nc3ccc(Cl)cc3)N(C)C2=O)cc1OC. The van der Waals surface area contributed by atoms with E-state index in [1.807, 2.05) is 36.4 Å². The van der Waals surface area contributed by atoms with E-state index in [1.54, 1.807) is 33.4 Å². The predicted octanol–water partition coefficient (Wildman–Crippen LogP) is 4.59. The number of ether oxygens (including phenoxy) is 2. The van der Waals surface area contributed by atoms with E-state index < -0.39 is 0 Å². The molecule has 0 atom stereocenters. The van der Waals surface area contributed by atoms with Gasteiger partial charge in [0, 0.05) is 12.1 Å². The number of benzene rings is 2. The summed E-state index contributed by atoms with van der Waals surface area (Å²) in [6.45, 7) is 0.